The molecule has 0 spiro atoms. The van der Waals surface area contributed by atoms with Gasteiger partial charge in [0.2, 0.25) is 0 Å². The van der Waals surface area contributed by atoms with Crippen LogP contribution in [0.15, 0.2) is 36.5 Å². The van der Waals surface area contributed by atoms with Gasteiger partial charge >= 0.3 is 17.9 Å². The molecule has 0 bridgehead atoms. The maximum Gasteiger partial charge on any atom is 0.306 e. The summed E-state index contributed by atoms with van der Waals surface area (Å²) >= 11 is 0. The Hall–Kier alpha value is -2.37. The van der Waals surface area contributed by atoms with E-state index in [0.29, 0.717) is 19.3 Å². The van der Waals surface area contributed by atoms with Gasteiger partial charge in [0.15, 0.2) is 6.10 Å². The first-order chi connectivity index (χ1) is 38.5. The van der Waals surface area contributed by atoms with Gasteiger partial charge in [0.25, 0.3) is 0 Å². The summed E-state index contributed by atoms with van der Waals surface area (Å²) in [7, 11) is 0. The quantitative estimate of drug-likeness (QED) is 0.0261. The van der Waals surface area contributed by atoms with E-state index in [-0.39, 0.29) is 31.1 Å². The van der Waals surface area contributed by atoms with Gasteiger partial charge in [0, 0.05) is 19.3 Å². The summed E-state index contributed by atoms with van der Waals surface area (Å²) in [5, 5.41) is 0. The van der Waals surface area contributed by atoms with E-state index in [4.69, 9.17) is 14.2 Å². The second-order valence-corrected chi connectivity index (χ2v) is 23.8. The fourth-order valence-electron chi connectivity index (χ4n) is 10.6. The molecule has 0 saturated carbocycles. The summed E-state index contributed by atoms with van der Waals surface area (Å²) in [6.45, 7) is 6.69. The Bertz CT molecular complexity index is 1300. The molecule has 0 fully saturated rings. The number of unbranched alkanes of at least 4 members (excludes halogenated alkanes) is 48. The molecule has 6 nitrogen and oxygen atoms in total. The van der Waals surface area contributed by atoms with E-state index in [2.05, 4.69) is 57.2 Å². The van der Waals surface area contributed by atoms with E-state index in [1.165, 1.54) is 270 Å². The first kappa shape index (κ1) is 75.6. The van der Waals surface area contributed by atoms with Crippen molar-refractivity contribution in [1.82, 2.24) is 0 Å². The Balaban J connectivity index is 4.23. The zero-order chi connectivity index (χ0) is 56.4. The van der Waals surface area contributed by atoms with Crippen molar-refractivity contribution < 1.29 is 28.6 Å². The molecule has 0 aliphatic rings. The Morgan fingerprint density at radius 1 is 0.256 bits per heavy atom. The second kappa shape index (κ2) is 67.1. The molecule has 1 atom stereocenters. The first-order valence-corrected chi connectivity index (χ1v) is 35.0. The molecule has 0 saturated heterocycles. The molecule has 0 rings (SSSR count). The van der Waals surface area contributed by atoms with E-state index in [1.807, 2.05) is 0 Å². The van der Waals surface area contributed by atoms with Gasteiger partial charge in [-0.25, -0.2) is 0 Å². The molecule has 0 N–H and O–H groups in total. The van der Waals surface area contributed by atoms with Gasteiger partial charge < -0.3 is 14.2 Å². The molecular formula is C72H134O6. The van der Waals surface area contributed by atoms with Gasteiger partial charge in [-0.2, -0.15) is 0 Å². The fourth-order valence-corrected chi connectivity index (χ4v) is 10.6. The van der Waals surface area contributed by atoms with Gasteiger partial charge in [0.05, 0.1) is 0 Å². The summed E-state index contributed by atoms with van der Waals surface area (Å²) in [5.74, 6) is -0.849. The molecule has 458 valence electrons. The molecule has 78 heavy (non-hydrogen) atoms. The van der Waals surface area contributed by atoms with Crippen LogP contribution in [-0.2, 0) is 28.6 Å². The van der Waals surface area contributed by atoms with Gasteiger partial charge in [-0.05, 0) is 57.8 Å². The van der Waals surface area contributed by atoms with Crippen LogP contribution < -0.4 is 0 Å². The molecule has 0 aliphatic heterocycles. The van der Waals surface area contributed by atoms with Gasteiger partial charge in [-0.3, -0.25) is 14.4 Å². The maximum absolute atomic E-state index is 12.9. The average molecular weight is 1100 g/mol. The molecule has 1 unspecified atom stereocenters. The minimum absolute atomic E-state index is 0.0695. The molecule has 0 radical (unpaired) electrons. The van der Waals surface area contributed by atoms with Crippen molar-refractivity contribution in [2.75, 3.05) is 13.2 Å². The predicted molar refractivity (Wildman–Crippen MR) is 339 cm³/mol. The van der Waals surface area contributed by atoms with Crippen LogP contribution in [0.25, 0.3) is 0 Å². The SMILES string of the molecule is CCCCCCC/C=C\C/C=C\C/C=C\CCCCCCCCCCC(=O)OC(COC(=O)CCCCCCCCCCCCCC)COC(=O)CCCCCCCCCCCCCCCCCCCCCCCCCCC. The van der Waals surface area contributed by atoms with Gasteiger partial charge in [0.1, 0.15) is 13.2 Å². The first-order valence-electron chi connectivity index (χ1n) is 35.0. The number of carbonyl (C=O) groups excluding carboxylic acids is 3. The van der Waals surface area contributed by atoms with Crippen molar-refractivity contribution in [2.24, 2.45) is 0 Å². The zero-order valence-electron chi connectivity index (χ0n) is 52.7. The van der Waals surface area contributed by atoms with Crippen molar-refractivity contribution in [3.8, 4) is 0 Å². The van der Waals surface area contributed by atoms with Crippen LogP contribution in [0.4, 0.5) is 0 Å². The monoisotopic (exact) mass is 1100 g/mol. The Labute approximate surface area is 486 Å². The number of allylic oxidation sites excluding steroid dienone is 6. The number of hydrogen-bond donors (Lipinski definition) is 0. The standard InChI is InChI=1S/C72H134O6/c1-4-7-10-13-16-19-22-25-27-29-31-33-35-36-38-39-41-43-45-47-50-53-56-59-62-65-71(74)77-68-69(67-76-70(73)64-61-58-55-52-49-24-21-18-15-12-9-6-3)78-72(75)66-63-60-57-54-51-48-46-44-42-40-37-34-32-30-28-26-23-20-17-14-11-8-5-2/h23,26,30,32,37,40,69H,4-22,24-25,27-29,31,33-36,38-39,41-68H2,1-3H3/b26-23-,32-30-,40-37-. The number of carbonyl (C=O) groups is 3. The molecular weight excluding hydrogens is 961 g/mol. The van der Waals surface area contributed by atoms with Crippen molar-refractivity contribution >= 4 is 17.9 Å². The van der Waals surface area contributed by atoms with Crippen molar-refractivity contribution in [3.63, 3.8) is 0 Å². The van der Waals surface area contributed by atoms with Crippen LogP contribution in [0.3, 0.4) is 0 Å². The van der Waals surface area contributed by atoms with Crippen LogP contribution >= 0.6 is 0 Å². The fraction of sp³-hybridized carbons (Fsp3) is 0.875. The Morgan fingerprint density at radius 2 is 0.462 bits per heavy atom. The lowest BCUT2D eigenvalue weighted by molar-refractivity contribution is -0.167. The number of rotatable bonds is 65. The second-order valence-electron chi connectivity index (χ2n) is 23.8. The molecule has 0 aromatic rings. The third-order valence-electron chi connectivity index (χ3n) is 15.9. The highest BCUT2D eigenvalue weighted by atomic mass is 16.6. The molecule has 6 heteroatoms. The van der Waals surface area contributed by atoms with Crippen molar-refractivity contribution in [3.05, 3.63) is 36.5 Å². The third-order valence-corrected chi connectivity index (χ3v) is 15.9. The van der Waals surface area contributed by atoms with Crippen LogP contribution in [0.1, 0.15) is 387 Å². The van der Waals surface area contributed by atoms with Gasteiger partial charge in [-0.15, -0.1) is 0 Å². The topological polar surface area (TPSA) is 78.9 Å². The third kappa shape index (κ3) is 64.5. The highest BCUT2D eigenvalue weighted by molar-refractivity contribution is 5.71. The number of ether oxygens (including phenoxy) is 3. The molecule has 0 amide bonds. The van der Waals surface area contributed by atoms with E-state index in [1.54, 1.807) is 0 Å². The lowest BCUT2D eigenvalue weighted by Crippen LogP contribution is -2.30. The molecule has 0 aromatic carbocycles. The summed E-state index contributed by atoms with van der Waals surface area (Å²) in [4.78, 5) is 38.4. The van der Waals surface area contributed by atoms with E-state index < -0.39 is 6.10 Å². The minimum Gasteiger partial charge on any atom is -0.462 e. The highest BCUT2D eigenvalue weighted by Gasteiger charge is 2.19. The summed E-state index contributed by atoms with van der Waals surface area (Å²) in [5.41, 5.74) is 0. The molecule has 0 heterocycles. The smallest absolute Gasteiger partial charge is 0.306 e. The van der Waals surface area contributed by atoms with E-state index >= 15 is 0 Å². The van der Waals surface area contributed by atoms with Crippen molar-refractivity contribution in [2.45, 2.75) is 393 Å². The zero-order valence-corrected chi connectivity index (χ0v) is 52.7. The average Bonchev–Trinajstić information content (AvgIpc) is 3.44. The maximum atomic E-state index is 12.9. The number of hydrogen-bond acceptors (Lipinski definition) is 6. The van der Waals surface area contributed by atoms with Crippen molar-refractivity contribution in [1.29, 1.82) is 0 Å². The largest absolute Gasteiger partial charge is 0.462 e. The number of esters is 3. The normalized spacial score (nSPS) is 12.2. The van der Waals surface area contributed by atoms with Crippen LogP contribution in [0.5, 0.6) is 0 Å². The van der Waals surface area contributed by atoms with Crippen LogP contribution in [0, 0.1) is 0 Å². The summed E-state index contributed by atoms with van der Waals surface area (Å²) in [6, 6.07) is 0. The van der Waals surface area contributed by atoms with E-state index in [9.17, 15) is 14.4 Å². The Morgan fingerprint density at radius 3 is 0.718 bits per heavy atom. The Kier molecular flexibility index (Phi) is 65.1. The lowest BCUT2D eigenvalue weighted by atomic mass is 10.0. The lowest BCUT2D eigenvalue weighted by Gasteiger charge is -2.18. The van der Waals surface area contributed by atoms with Gasteiger partial charge in [-0.1, -0.05) is 346 Å². The highest BCUT2D eigenvalue weighted by Crippen LogP contribution is 2.18. The minimum atomic E-state index is -0.773. The van der Waals surface area contributed by atoms with Crippen LogP contribution in [0.2, 0.25) is 0 Å². The molecule has 0 aliphatic carbocycles. The summed E-state index contributed by atoms with van der Waals surface area (Å²) in [6.07, 6.45) is 83.1. The summed E-state index contributed by atoms with van der Waals surface area (Å²) < 4.78 is 17.0. The van der Waals surface area contributed by atoms with E-state index in [0.717, 1.165) is 77.0 Å². The molecule has 0 aromatic heterocycles. The predicted octanol–water partition coefficient (Wildman–Crippen LogP) is 23.9. The van der Waals surface area contributed by atoms with Crippen LogP contribution in [-0.4, -0.2) is 37.2 Å².